The predicted octanol–water partition coefficient (Wildman–Crippen LogP) is 0.899. The van der Waals surface area contributed by atoms with Gasteiger partial charge in [-0.3, -0.25) is 10.1 Å². The Balaban J connectivity index is 2.01. The maximum Gasteiger partial charge on any atom is 0.305 e. The van der Waals surface area contributed by atoms with Crippen LogP contribution >= 0.6 is 0 Å². The molecule has 0 bridgehead atoms. The normalized spacial score (nSPS) is 9.84. The van der Waals surface area contributed by atoms with Gasteiger partial charge in [-0.2, -0.15) is 10.2 Å². The van der Waals surface area contributed by atoms with Crippen LogP contribution in [0.1, 0.15) is 11.5 Å². The molecule has 2 aromatic rings. The van der Waals surface area contributed by atoms with E-state index in [1.54, 1.807) is 6.07 Å². The summed E-state index contributed by atoms with van der Waals surface area (Å²) >= 11 is 0. The van der Waals surface area contributed by atoms with Crippen LogP contribution in [0.5, 0.6) is 0 Å². The van der Waals surface area contributed by atoms with Crippen LogP contribution in [-0.2, 0) is 6.42 Å². The molecule has 0 aliphatic rings. The molecule has 96 valence electrons. The first-order chi connectivity index (χ1) is 9.20. The summed E-state index contributed by atoms with van der Waals surface area (Å²) in [5.74, 6) is 0.917. The van der Waals surface area contributed by atoms with E-state index in [9.17, 15) is 10.1 Å². The van der Waals surface area contributed by atoms with E-state index in [0.29, 0.717) is 24.6 Å². The van der Waals surface area contributed by atoms with Crippen molar-refractivity contribution < 1.29 is 9.45 Å². The Morgan fingerprint density at radius 3 is 3.00 bits per heavy atom. The maximum absolute atomic E-state index is 10.6. The largest absolute Gasteiger partial charge is 0.370 e. The molecular weight excluding hydrogens is 252 g/mol. The molecule has 0 fully saturated rings. The number of hydrogen-bond acceptors (Lipinski definition) is 8. The number of nitrogens with zero attached hydrogens (tertiary/aromatic N) is 5. The third kappa shape index (κ3) is 3.01. The fraction of sp³-hybridized carbons (Fsp3) is 0.200. The average Bonchev–Trinajstić information content (AvgIpc) is 2.91. The zero-order valence-corrected chi connectivity index (χ0v) is 9.61. The summed E-state index contributed by atoms with van der Waals surface area (Å²) < 4.78 is 4.57. The van der Waals surface area contributed by atoms with Crippen LogP contribution in [0, 0.1) is 21.4 Å². The Hall–Kier alpha value is -3.02. The van der Waals surface area contributed by atoms with Gasteiger partial charge in [-0.1, -0.05) is 5.16 Å². The molecule has 0 amide bonds. The zero-order chi connectivity index (χ0) is 13.7. The average molecular weight is 260 g/mol. The van der Waals surface area contributed by atoms with Crippen LogP contribution in [0.25, 0.3) is 0 Å². The highest BCUT2D eigenvalue weighted by atomic mass is 16.6. The third-order valence-corrected chi connectivity index (χ3v) is 2.24. The van der Waals surface area contributed by atoms with Crippen LogP contribution in [-0.4, -0.2) is 26.6 Å². The van der Waals surface area contributed by atoms with E-state index >= 15 is 0 Å². The number of aromatic nitrogens is 3. The second kappa shape index (κ2) is 5.54. The van der Waals surface area contributed by atoms with E-state index in [0.717, 1.165) is 0 Å². The summed E-state index contributed by atoms with van der Waals surface area (Å²) in [6, 6.07) is 4.37. The van der Waals surface area contributed by atoms with Gasteiger partial charge in [0.15, 0.2) is 5.82 Å². The number of nitriles is 1. The summed E-state index contributed by atoms with van der Waals surface area (Å²) in [5, 5.41) is 26.0. The summed E-state index contributed by atoms with van der Waals surface area (Å²) in [5.41, 5.74) is -0.541. The molecule has 2 aromatic heterocycles. The minimum Gasteiger partial charge on any atom is -0.370 e. The number of rotatable bonds is 5. The fourth-order valence-corrected chi connectivity index (χ4v) is 1.38. The molecule has 0 aliphatic heterocycles. The Bertz CT molecular complexity index is 619. The number of nitro groups is 1. The van der Waals surface area contributed by atoms with Crippen molar-refractivity contribution in [2.45, 2.75) is 6.42 Å². The van der Waals surface area contributed by atoms with Crippen LogP contribution < -0.4 is 5.32 Å². The molecule has 0 spiro atoms. The van der Waals surface area contributed by atoms with Gasteiger partial charge in [0.25, 0.3) is 0 Å². The van der Waals surface area contributed by atoms with Gasteiger partial charge in [0.05, 0.1) is 4.92 Å². The second-order valence-electron chi connectivity index (χ2n) is 3.46. The molecule has 9 heteroatoms. The highest BCUT2D eigenvalue weighted by molar-refractivity contribution is 5.50. The lowest BCUT2D eigenvalue weighted by atomic mass is 10.3. The molecule has 0 saturated heterocycles. The van der Waals surface area contributed by atoms with E-state index in [1.165, 1.54) is 18.5 Å². The lowest BCUT2D eigenvalue weighted by Gasteiger charge is -2.03. The van der Waals surface area contributed by atoms with Gasteiger partial charge in [-0.15, -0.1) is 0 Å². The standard InChI is InChI=1S/C10H8N6O3/c11-5-7-8(16(17)18)1-2-9(14-7)12-4-3-10-13-6-19-15-10/h1-2,6H,3-4H2,(H,12,14). The maximum atomic E-state index is 10.6. The summed E-state index contributed by atoms with van der Waals surface area (Å²) in [6.45, 7) is 0.467. The molecular formula is C10H8N6O3. The van der Waals surface area contributed by atoms with Crippen molar-refractivity contribution in [2.24, 2.45) is 0 Å². The summed E-state index contributed by atoms with van der Waals surface area (Å²) in [7, 11) is 0. The molecule has 0 aliphatic carbocycles. The smallest absolute Gasteiger partial charge is 0.305 e. The molecule has 9 nitrogen and oxygen atoms in total. The van der Waals surface area contributed by atoms with Gasteiger partial charge < -0.3 is 9.84 Å². The number of anilines is 1. The van der Waals surface area contributed by atoms with E-state index in [4.69, 9.17) is 5.26 Å². The Morgan fingerprint density at radius 1 is 1.53 bits per heavy atom. The van der Waals surface area contributed by atoms with Crippen LogP contribution in [0.3, 0.4) is 0 Å². The van der Waals surface area contributed by atoms with Crippen molar-refractivity contribution in [1.82, 2.24) is 15.1 Å². The van der Waals surface area contributed by atoms with Crippen molar-refractivity contribution in [3.05, 3.63) is 40.2 Å². The topological polar surface area (TPSA) is 131 Å². The molecule has 0 aromatic carbocycles. The first kappa shape index (κ1) is 12.4. The SMILES string of the molecule is N#Cc1nc(NCCc2ncon2)ccc1[N+](=O)[O-]. The molecule has 2 heterocycles. The van der Waals surface area contributed by atoms with Crippen LogP contribution in [0.15, 0.2) is 23.0 Å². The zero-order valence-electron chi connectivity index (χ0n) is 9.61. The monoisotopic (exact) mass is 260 g/mol. The van der Waals surface area contributed by atoms with Crippen molar-refractivity contribution >= 4 is 11.5 Å². The molecule has 2 rings (SSSR count). The molecule has 0 saturated carbocycles. The minimum atomic E-state index is -0.644. The van der Waals surface area contributed by atoms with Crippen molar-refractivity contribution in [3.63, 3.8) is 0 Å². The molecule has 19 heavy (non-hydrogen) atoms. The Kier molecular flexibility index (Phi) is 3.63. The Labute approximate surface area is 107 Å². The van der Waals surface area contributed by atoms with Gasteiger partial charge in [-0.05, 0) is 6.07 Å². The number of pyridine rings is 1. The van der Waals surface area contributed by atoms with Crippen LogP contribution in [0.2, 0.25) is 0 Å². The number of hydrogen-bond donors (Lipinski definition) is 1. The van der Waals surface area contributed by atoms with Gasteiger partial charge >= 0.3 is 5.69 Å². The van der Waals surface area contributed by atoms with E-state index < -0.39 is 4.92 Å². The fourth-order valence-electron chi connectivity index (χ4n) is 1.38. The predicted molar refractivity (Wildman–Crippen MR) is 62.1 cm³/mol. The first-order valence-corrected chi connectivity index (χ1v) is 5.25. The van der Waals surface area contributed by atoms with Crippen molar-refractivity contribution in [2.75, 3.05) is 11.9 Å². The second-order valence-corrected chi connectivity index (χ2v) is 3.46. The lowest BCUT2D eigenvalue weighted by molar-refractivity contribution is -0.385. The van der Waals surface area contributed by atoms with E-state index in [-0.39, 0.29) is 11.4 Å². The van der Waals surface area contributed by atoms with Crippen LogP contribution in [0.4, 0.5) is 11.5 Å². The van der Waals surface area contributed by atoms with Crippen molar-refractivity contribution in [1.29, 1.82) is 5.26 Å². The highest BCUT2D eigenvalue weighted by Gasteiger charge is 2.15. The number of nitrogens with one attached hydrogen (secondary N) is 1. The quantitative estimate of drug-likeness (QED) is 0.619. The Morgan fingerprint density at radius 2 is 2.37 bits per heavy atom. The van der Waals surface area contributed by atoms with Gasteiger partial charge in [0.2, 0.25) is 12.1 Å². The highest BCUT2D eigenvalue weighted by Crippen LogP contribution is 2.17. The third-order valence-electron chi connectivity index (χ3n) is 2.24. The summed E-state index contributed by atoms with van der Waals surface area (Å²) in [6.07, 6.45) is 1.74. The molecule has 0 atom stereocenters. The van der Waals surface area contributed by atoms with Gasteiger partial charge in [0.1, 0.15) is 11.9 Å². The van der Waals surface area contributed by atoms with E-state index in [1.807, 2.05) is 0 Å². The molecule has 1 N–H and O–H groups in total. The van der Waals surface area contributed by atoms with Gasteiger partial charge in [-0.25, -0.2) is 4.98 Å². The van der Waals surface area contributed by atoms with Crippen molar-refractivity contribution in [3.8, 4) is 6.07 Å². The lowest BCUT2D eigenvalue weighted by Crippen LogP contribution is -2.08. The van der Waals surface area contributed by atoms with E-state index in [2.05, 4.69) is 25.0 Å². The summed E-state index contributed by atoms with van der Waals surface area (Å²) in [4.78, 5) is 17.7. The molecule has 0 unspecified atom stereocenters. The molecule has 0 radical (unpaired) electrons. The van der Waals surface area contributed by atoms with Gasteiger partial charge in [0, 0.05) is 19.0 Å². The minimum absolute atomic E-state index is 0.227. The first-order valence-electron chi connectivity index (χ1n) is 5.25.